The van der Waals surface area contributed by atoms with Gasteiger partial charge in [-0.1, -0.05) is 23.7 Å². The Bertz CT molecular complexity index is 892. The first kappa shape index (κ1) is 24.6. The van der Waals surface area contributed by atoms with Gasteiger partial charge in [-0.15, -0.1) is 0 Å². The second kappa shape index (κ2) is 10.2. The number of benzene rings is 1. The van der Waals surface area contributed by atoms with Crippen LogP contribution in [0.5, 0.6) is 0 Å². The predicted molar refractivity (Wildman–Crippen MR) is 124 cm³/mol. The van der Waals surface area contributed by atoms with Gasteiger partial charge < -0.3 is 14.7 Å². The average Bonchev–Trinajstić information content (AvgIpc) is 2.96. The minimum atomic E-state index is -0.883. The van der Waals surface area contributed by atoms with Crippen molar-refractivity contribution in [1.82, 2.24) is 14.7 Å². The molecular weight excluding hydrogens is 454 g/mol. The fraction of sp³-hybridized carbons (Fsp3) is 0.500. The lowest BCUT2D eigenvalue weighted by Gasteiger charge is -2.36. The van der Waals surface area contributed by atoms with Crippen molar-refractivity contribution in [3.8, 4) is 0 Å². The third-order valence-corrected chi connectivity index (χ3v) is 6.09. The molecule has 2 aliphatic rings. The predicted octanol–water partition coefficient (Wildman–Crippen LogP) is 3.29. The summed E-state index contributed by atoms with van der Waals surface area (Å²) in [5, 5.41) is 10.7. The largest absolute Gasteiger partial charge is 0.444 e. The van der Waals surface area contributed by atoms with Gasteiger partial charge >= 0.3 is 6.09 Å². The number of hydrogen-bond donors (Lipinski definition) is 1. The number of carbonyl (C=O) groups excluding carboxylic acids is 3. The van der Waals surface area contributed by atoms with Gasteiger partial charge in [-0.3, -0.25) is 19.4 Å². The van der Waals surface area contributed by atoms with Crippen LogP contribution in [-0.4, -0.2) is 88.0 Å². The van der Waals surface area contributed by atoms with Gasteiger partial charge in [0.15, 0.2) is 0 Å². The van der Waals surface area contributed by atoms with Gasteiger partial charge in [0, 0.05) is 37.7 Å². The highest BCUT2D eigenvalue weighted by molar-refractivity contribution is 8.18. The Morgan fingerprint density at radius 1 is 1.16 bits per heavy atom. The Morgan fingerprint density at radius 3 is 2.38 bits per heavy atom. The Balaban J connectivity index is 1.49. The highest BCUT2D eigenvalue weighted by atomic mass is 35.5. The number of aliphatic hydroxyl groups excluding tert-OH is 1. The van der Waals surface area contributed by atoms with Gasteiger partial charge in [-0.2, -0.15) is 0 Å². The van der Waals surface area contributed by atoms with E-state index in [2.05, 4.69) is 0 Å². The molecule has 8 nitrogen and oxygen atoms in total. The van der Waals surface area contributed by atoms with Gasteiger partial charge in [0.1, 0.15) is 5.60 Å². The molecule has 0 aliphatic carbocycles. The van der Waals surface area contributed by atoms with Crippen LogP contribution in [-0.2, 0) is 9.53 Å². The summed E-state index contributed by atoms with van der Waals surface area (Å²) < 4.78 is 5.39. The van der Waals surface area contributed by atoms with E-state index < -0.39 is 22.9 Å². The van der Waals surface area contributed by atoms with E-state index in [1.807, 2.05) is 25.7 Å². The Hall–Kier alpha value is -2.07. The van der Waals surface area contributed by atoms with Gasteiger partial charge in [-0.25, -0.2) is 4.79 Å². The van der Waals surface area contributed by atoms with E-state index in [9.17, 15) is 19.5 Å². The van der Waals surface area contributed by atoms with E-state index >= 15 is 0 Å². The average molecular weight is 482 g/mol. The second-order valence-electron chi connectivity index (χ2n) is 8.77. The van der Waals surface area contributed by atoms with Crippen LogP contribution in [0.15, 0.2) is 29.2 Å². The lowest BCUT2D eigenvalue weighted by molar-refractivity contribution is -0.123. The van der Waals surface area contributed by atoms with E-state index in [1.54, 1.807) is 35.2 Å². The number of β-amino-alcohol motifs (C(OH)–C–C–N with tert-alkyl or cyclic N) is 1. The minimum Gasteiger partial charge on any atom is -0.444 e. The van der Waals surface area contributed by atoms with Gasteiger partial charge in [0.25, 0.3) is 11.1 Å². The van der Waals surface area contributed by atoms with Crippen LogP contribution >= 0.6 is 23.4 Å². The molecule has 1 aromatic rings. The highest BCUT2D eigenvalue weighted by Gasteiger charge is 2.36. The van der Waals surface area contributed by atoms with Gasteiger partial charge in [-0.05, 0) is 56.3 Å². The lowest BCUT2D eigenvalue weighted by Crippen LogP contribution is -2.52. The molecule has 2 heterocycles. The summed E-state index contributed by atoms with van der Waals surface area (Å²) in [6.07, 6.45) is 0.415. The van der Waals surface area contributed by atoms with E-state index in [-0.39, 0.29) is 12.6 Å². The lowest BCUT2D eigenvalue weighted by atomic mass is 10.2. The fourth-order valence-corrected chi connectivity index (χ4v) is 4.35. The fourth-order valence-electron chi connectivity index (χ4n) is 3.37. The number of halogens is 1. The molecular formula is C22H28ClN3O5S. The Labute approximate surface area is 197 Å². The smallest absolute Gasteiger partial charge is 0.410 e. The standard InChI is InChI=1S/C22H28ClN3O5S/c1-22(2,3)31-20(29)25-10-8-24(9-11-25)13-17(27)14-26-19(28)18(32-21(26)30)12-15-4-6-16(23)7-5-15/h4-7,12,17,27H,8-11,13-14H2,1-3H3/b18-12-. The zero-order chi connectivity index (χ0) is 23.5. The molecule has 0 aromatic heterocycles. The quantitative estimate of drug-likeness (QED) is 0.645. The summed E-state index contributed by atoms with van der Waals surface area (Å²) in [5.41, 5.74) is 0.223. The molecule has 174 valence electrons. The summed E-state index contributed by atoms with van der Waals surface area (Å²) in [7, 11) is 0. The number of rotatable bonds is 5. The molecule has 3 amide bonds. The van der Waals surface area contributed by atoms with Crippen molar-refractivity contribution >= 4 is 46.7 Å². The Kier molecular flexibility index (Phi) is 7.87. The van der Waals surface area contributed by atoms with Crippen LogP contribution in [0.3, 0.4) is 0 Å². The first-order valence-corrected chi connectivity index (χ1v) is 11.6. The first-order chi connectivity index (χ1) is 15.0. The maximum absolute atomic E-state index is 12.7. The van der Waals surface area contributed by atoms with Crippen molar-refractivity contribution in [2.75, 3.05) is 39.3 Å². The van der Waals surface area contributed by atoms with Crippen LogP contribution in [0.25, 0.3) is 6.08 Å². The molecule has 0 spiro atoms. The first-order valence-electron chi connectivity index (χ1n) is 10.4. The summed E-state index contributed by atoms with van der Waals surface area (Å²) in [6, 6.07) is 6.96. The van der Waals surface area contributed by atoms with Gasteiger partial charge in [0.05, 0.1) is 17.6 Å². The molecule has 10 heteroatoms. The summed E-state index contributed by atoms with van der Waals surface area (Å²) in [6.45, 7) is 7.85. The number of amides is 3. The third kappa shape index (κ3) is 6.71. The van der Waals surface area contributed by atoms with Crippen molar-refractivity contribution in [3.63, 3.8) is 0 Å². The number of piperazine rings is 1. The van der Waals surface area contributed by atoms with Crippen LogP contribution < -0.4 is 0 Å². The zero-order valence-electron chi connectivity index (χ0n) is 18.4. The van der Waals surface area contributed by atoms with Crippen molar-refractivity contribution < 1.29 is 24.2 Å². The van der Waals surface area contributed by atoms with E-state index in [0.717, 1.165) is 22.2 Å². The van der Waals surface area contributed by atoms with E-state index in [0.29, 0.717) is 42.7 Å². The van der Waals surface area contributed by atoms with Crippen LogP contribution in [0.2, 0.25) is 5.02 Å². The van der Waals surface area contributed by atoms with E-state index in [1.165, 1.54) is 0 Å². The number of thioether (sulfide) groups is 1. The molecule has 2 fully saturated rings. The number of hydrogen-bond acceptors (Lipinski definition) is 7. The van der Waals surface area contributed by atoms with Crippen molar-refractivity contribution in [2.24, 2.45) is 0 Å². The molecule has 1 atom stereocenters. The molecule has 0 radical (unpaired) electrons. The maximum Gasteiger partial charge on any atom is 0.410 e. The van der Waals surface area contributed by atoms with Crippen molar-refractivity contribution in [1.29, 1.82) is 0 Å². The number of imide groups is 1. The summed E-state index contributed by atoms with van der Waals surface area (Å²) in [4.78, 5) is 42.2. The normalized spacial score (nSPS) is 20.2. The molecule has 1 aromatic carbocycles. The van der Waals surface area contributed by atoms with Gasteiger partial charge in [0.2, 0.25) is 0 Å². The van der Waals surface area contributed by atoms with Crippen LogP contribution in [0, 0.1) is 0 Å². The van der Waals surface area contributed by atoms with E-state index in [4.69, 9.17) is 16.3 Å². The number of nitrogens with zero attached hydrogens (tertiary/aromatic N) is 3. The molecule has 32 heavy (non-hydrogen) atoms. The second-order valence-corrected chi connectivity index (χ2v) is 10.2. The number of ether oxygens (including phenoxy) is 1. The molecule has 1 N–H and O–H groups in total. The third-order valence-electron chi connectivity index (χ3n) is 4.93. The SMILES string of the molecule is CC(C)(C)OC(=O)N1CCN(CC(O)CN2C(=O)S/C(=C\c3ccc(Cl)cc3)C2=O)CC1. The van der Waals surface area contributed by atoms with Crippen LogP contribution in [0.4, 0.5) is 9.59 Å². The summed E-state index contributed by atoms with van der Waals surface area (Å²) in [5.74, 6) is -0.413. The molecule has 0 bridgehead atoms. The summed E-state index contributed by atoms with van der Waals surface area (Å²) >= 11 is 6.74. The van der Waals surface area contributed by atoms with Crippen molar-refractivity contribution in [3.05, 3.63) is 39.8 Å². The molecule has 0 saturated carbocycles. The monoisotopic (exact) mass is 481 g/mol. The maximum atomic E-state index is 12.7. The molecule has 3 rings (SSSR count). The minimum absolute atomic E-state index is 0.0745. The number of carbonyl (C=O) groups is 3. The number of aliphatic hydroxyl groups is 1. The topological polar surface area (TPSA) is 90.4 Å². The van der Waals surface area contributed by atoms with Crippen molar-refractivity contribution in [2.45, 2.75) is 32.5 Å². The zero-order valence-corrected chi connectivity index (χ0v) is 20.0. The molecule has 1 unspecified atom stereocenters. The Morgan fingerprint density at radius 2 is 1.78 bits per heavy atom. The molecule has 2 saturated heterocycles. The molecule has 2 aliphatic heterocycles. The van der Waals surface area contributed by atoms with Crippen LogP contribution in [0.1, 0.15) is 26.3 Å². The highest BCUT2D eigenvalue weighted by Crippen LogP contribution is 2.32.